The van der Waals surface area contributed by atoms with Crippen LogP contribution in [0.25, 0.3) is 17.0 Å². The molecule has 2 saturated heterocycles. The third kappa shape index (κ3) is 3.82. The van der Waals surface area contributed by atoms with Gasteiger partial charge in [-0.1, -0.05) is 16.6 Å². The van der Waals surface area contributed by atoms with Crippen LogP contribution in [0.15, 0.2) is 18.2 Å². The molecule has 2 aliphatic heterocycles. The van der Waals surface area contributed by atoms with Crippen molar-refractivity contribution in [1.29, 1.82) is 0 Å². The van der Waals surface area contributed by atoms with Crippen LogP contribution in [0.4, 0.5) is 18.9 Å². The van der Waals surface area contributed by atoms with E-state index in [0.717, 1.165) is 0 Å². The largest absolute Gasteiger partial charge is 0.688 e. The number of aromatic nitrogens is 1. The van der Waals surface area contributed by atoms with Crippen LogP contribution in [0.2, 0.25) is 5.02 Å². The van der Waals surface area contributed by atoms with Gasteiger partial charge in [0.15, 0.2) is 10.9 Å². The molecule has 4 rings (SSSR count). The van der Waals surface area contributed by atoms with Crippen molar-refractivity contribution < 1.29 is 23.0 Å². The number of piperidine rings is 1. The monoisotopic (exact) mass is 416 g/mol. The summed E-state index contributed by atoms with van der Waals surface area (Å²) in [5.74, 6) is -0.545. The lowest BCUT2D eigenvalue weighted by Gasteiger charge is -2.37. The molecule has 6 nitrogen and oxygen atoms in total. The van der Waals surface area contributed by atoms with Gasteiger partial charge in [-0.25, -0.2) is 4.98 Å². The lowest BCUT2D eigenvalue weighted by molar-refractivity contribution is -0.169. The fraction of sp³-hybridized carbons (Fsp3) is 0.471. The highest BCUT2D eigenvalue weighted by molar-refractivity contribution is 7.20. The van der Waals surface area contributed by atoms with Crippen LogP contribution >= 0.6 is 22.9 Å². The van der Waals surface area contributed by atoms with E-state index in [2.05, 4.69) is 14.6 Å². The smallest absolute Gasteiger partial charge is 0.387 e. The molecule has 1 spiro atoms. The molecule has 1 aromatic carbocycles. The number of nitrogens with one attached hydrogen (secondary N) is 1. The van der Waals surface area contributed by atoms with Gasteiger partial charge in [0.05, 0.1) is 18.9 Å². The van der Waals surface area contributed by atoms with E-state index < -0.39 is 12.4 Å². The quantitative estimate of drug-likeness (QED) is 0.694. The Balaban J connectivity index is 1.58. The van der Waals surface area contributed by atoms with E-state index >= 15 is 0 Å². The molecule has 27 heavy (non-hydrogen) atoms. The highest BCUT2D eigenvalue weighted by Gasteiger charge is 2.40. The Kier molecular flexibility index (Phi) is 5.11. The molecule has 1 aromatic heterocycles. The normalized spacial score (nSPS) is 19.2. The molecule has 0 atom stereocenters. The van der Waals surface area contributed by atoms with E-state index in [9.17, 15) is 8.78 Å². The zero-order valence-corrected chi connectivity index (χ0v) is 15.8. The van der Waals surface area contributed by atoms with Crippen LogP contribution < -0.4 is 9.64 Å². The molecule has 10 heteroatoms. The first-order chi connectivity index (χ1) is 13.0. The minimum Gasteiger partial charge on any atom is -0.688 e. The van der Waals surface area contributed by atoms with Crippen LogP contribution in [0.1, 0.15) is 12.8 Å². The van der Waals surface area contributed by atoms with Gasteiger partial charge < -0.3 is 24.8 Å². The van der Waals surface area contributed by atoms with Gasteiger partial charge >= 0.3 is 6.61 Å². The third-order valence-electron chi connectivity index (χ3n) is 4.64. The molecule has 1 N–H and O–H groups in total. The van der Waals surface area contributed by atoms with Gasteiger partial charge in [0.2, 0.25) is 0 Å². The topological polar surface area (TPSA) is 67.6 Å². The van der Waals surface area contributed by atoms with Crippen molar-refractivity contribution in [2.45, 2.75) is 25.2 Å². The number of halogens is 3. The maximum atomic E-state index is 12.7. The minimum absolute atomic E-state index is 0.0508. The van der Waals surface area contributed by atoms with Gasteiger partial charge in [0.25, 0.3) is 0 Å². The van der Waals surface area contributed by atoms with E-state index in [4.69, 9.17) is 26.8 Å². The number of rotatable bonds is 4. The molecule has 0 aliphatic carbocycles. The molecular formula is C17H17ClF2N3O3S-. The second-order valence-electron chi connectivity index (χ2n) is 6.29. The molecule has 3 heterocycles. The molecule has 2 fully saturated rings. The summed E-state index contributed by atoms with van der Waals surface area (Å²) in [5.41, 5.74) is 8.81. The van der Waals surface area contributed by atoms with Crippen LogP contribution in [0, 0.1) is 0 Å². The zero-order chi connectivity index (χ0) is 19.0. The molecule has 0 amide bonds. The van der Waals surface area contributed by atoms with Crippen molar-refractivity contribution in [1.82, 2.24) is 4.98 Å². The van der Waals surface area contributed by atoms with Crippen LogP contribution in [-0.2, 0) is 9.47 Å². The van der Waals surface area contributed by atoms with Crippen molar-refractivity contribution >= 4 is 33.1 Å². The van der Waals surface area contributed by atoms with Crippen molar-refractivity contribution in [3.05, 3.63) is 29.0 Å². The van der Waals surface area contributed by atoms with Crippen LogP contribution in [-0.4, -0.2) is 43.7 Å². The number of nitrogens with zero attached hydrogens (tertiary/aromatic N) is 2. The second kappa shape index (κ2) is 7.38. The van der Waals surface area contributed by atoms with Crippen LogP contribution in [0.3, 0.4) is 0 Å². The first-order valence-corrected chi connectivity index (χ1v) is 9.65. The fourth-order valence-electron chi connectivity index (χ4n) is 3.34. The molecule has 2 aliphatic rings. The fourth-order valence-corrected chi connectivity index (χ4v) is 4.39. The minimum atomic E-state index is -2.97. The Morgan fingerprint density at radius 1 is 1.26 bits per heavy atom. The summed E-state index contributed by atoms with van der Waals surface area (Å²) in [5, 5.41) is 1.18. The summed E-state index contributed by atoms with van der Waals surface area (Å²) in [6, 6.07) is 4.31. The predicted molar refractivity (Wildman–Crippen MR) is 99.3 cm³/mol. The standard InChI is InChI=1S/C17H17ClF2N3O3S/c18-10-1-2-12(26-15(19)20)11(9-10)13-14(21)27-16(22-13)23-5-3-17(4-6-23)24-7-8-25-17/h1-2,9,15,21H,3-8H2/q-1. The van der Waals surface area contributed by atoms with Crippen molar-refractivity contribution in [2.24, 2.45) is 0 Å². The van der Waals surface area contributed by atoms with E-state index in [0.29, 0.717) is 49.3 Å². The number of anilines is 1. The number of hydrogen-bond acceptors (Lipinski definition) is 6. The Morgan fingerprint density at radius 3 is 2.63 bits per heavy atom. The van der Waals surface area contributed by atoms with Crippen molar-refractivity contribution in [2.75, 3.05) is 31.2 Å². The van der Waals surface area contributed by atoms with Gasteiger partial charge in [-0.2, -0.15) is 8.78 Å². The summed E-state index contributed by atoms with van der Waals surface area (Å²) in [6.45, 7) is -0.383. The second-order valence-corrected chi connectivity index (χ2v) is 7.70. The third-order valence-corrected chi connectivity index (χ3v) is 5.80. The Bertz CT molecular complexity index is 820. The maximum Gasteiger partial charge on any atom is 0.387 e. The number of ether oxygens (including phenoxy) is 3. The summed E-state index contributed by atoms with van der Waals surface area (Å²) < 4.78 is 41.4. The lowest BCUT2D eigenvalue weighted by Crippen LogP contribution is -2.45. The van der Waals surface area contributed by atoms with E-state index in [1.807, 2.05) is 0 Å². The maximum absolute atomic E-state index is 12.7. The van der Waals surface area contributed by atoms with E-state index in [1.54, 1.807) is 0 Å². The number of thiazole rings is 1. The molecule has 0 saturated carbocycles. The molecule has 0 unspecified atom stereocenters. The average molecular weight is 417 g/mol. The van der Waals surface area contributed by atoms with Crippen LogP contribution in [0.5, 0.6) is 5.75 Å². The molecule has 2 aromatic rings. The van der Waals surface area contributed by atoms with Gasteiger partial charge in [0, 0.05) is 36.5 Å². The van der Waals surface area contributed by atoms with Gasteiger partial charge in [-0.05, 0) is 18.2 Å². The molecule has 146 valence electrons. The van der Waals surface area contributed by atoms with E-state index in [-0.39, 0.29) is 22.0 Å². The van der Waals surface area contributed by atoms with Gasteiger partial charge in [-0.3, -0.25) is 0 Å². The first-order valence-electron chi connectivity index (χ1n) is 8.46. The average Bonchev–Trinajstić information content (AvgIpc) is 3.24. The summed E-state index contributed by atoms with van der Waals surface area (Å²) in [7, 11) is 0. The highest BCUT2D eigenvalue weighted by atomic mass is 35.5. The highest BCUT2D eigenvalue weighted by Crippen LogP contribution is 2.44. The zero-order valence-electron chi connectivity index (χ0n) is 14.2. The van der Waals surface area contributed by atoms with Gasteiger partial charge in [-0.15, -0.1) is 11.3 Å². The SMILES string of the molecule is [NH-]c1sc(N2CCC3(CC2)OCCO3)nc1-c1cc(Cl)ccc1OC(F)F. The molecular weight excluding hydrogens is 400 g/mol. The Morgan fingerprint density at radius 2 is 1.96 bits per heavy atom. The predicted octanol–water partition coefficient (Wildman–Crippen LogP) is 5.09. The summed E-state index contributed by atoms with van der Waals surface area (Å²) in [4.78, 5) is 6.58. The number of benzene rings is 1. The van der Waals surface area contributed by atoms with Crippen molar-refractivity contribution in [3.8, 4) is 17.0 Å². The summed E-state index contributed by atoms with van der Waals surface area (Å²) >= 11 is 7.21. The molecule has 0 radical (unpaired) electrons. The first kappa shape index (κ1) is 18.7. The summed E-state index contributed by atoms with van der Waals surface area (Å²) in [6.07, 6.45) is 1.43. The van der Waals surface area contributed by atoms with Gasteiger partial charge in [0.1, 0.15) is 5.75 Å². The van der Waals surface area contributed by atoms with Crippen molar-refractivity contribution in [3.63, 3.8) is 0 Å². The Labute approximate surface area is 163 Å². The lowest BCUT2D eigenvalue weighted by atomic mass is 10.0. The number of hydrogen-bond donors (Lipinski definition) is 0. The van der Waals surface area contributed by atoms with E-state index in [1.165, 1.54) is 29.5 Å². The molecule has 0 bridgehead atoms. The Hall–Kier alpha value is -1.68. The number of alkyl halides is 2.